The normalized spacial score (nSPS) is 10.3. The van der Waals surface area contributed by atoms with E-state index >= 15 is 0 Å². The van der Waals surface area contributed by atoms with Gasteiger partial charge in [-0.15, -0.1) is 0 Å². The van der Waals surface area contributed by atoms with E-state index in [-0.39, 0.29) is 0 Å². The van der Waals surface area contributed by atoms with Crippen LogP contribution in [0.2, 0.25) is 0 Å². The summed E-state index contributed by atoms with van der Waals surface area (Å²) in [6, 6.07) is 6.08. The molecule has 0 radical (unpaired) electrons. The number of carbonyl (C=O) groups is 1. The summed E-state index contributed by atoms with van der Waals surface area (Å²) >= 11 is 0. The molecule has 0 spiro atoms. The maximum atomic E-state index is 10.5. The average molecular weight is 221 g/mol. The quantitative estimate of drug-likeness (QED) is 0.715. The standard InChI is InChI=1S/C13H19NO2/c1-10(2)11-5-6-13(16-4)12(9-11)14(3)7-8-15/h5-6,8-10H,7H2,1-4H3. The Hall–Kier alpha value is -1.51. The predicted molar refractivity (Wildman–Crippen MR) is 66.4 cm³/mol. The molecule has 0 aliphatic rings. The van der Waals surface area contributed by atoms with Crippen LogP contribution in [0.1, 0.15) is 25.3 Å². The molecule has 0 unspecified atom stereocenters. The minimum absolute atomic E-state index is 0.373. The van der Waals surface area contributed by atoms with Crippen LogP contribution in [0, 0.1) is 0 Å². The molecule has 88 valence electrons. The van der Waals surface area contributed by atoms with Gasteiger partial charge in [0.15, 0.2) is 0 Å². The highest BCUT2D eigenvalue weighted by atomic mass is 16.5. The molecule has 0 bridgehead atoms. The molecular weight excluding hydrogens is 202 g/mol. The van der Waals surface area contributed by atoms with Crippen molar-refractivity contribution in [3.63, 3.8) is 0 Å². The van der Waals surface area contributed by atoms with E-state index in [0.717, 1.165) is 17.7 Å². The van der Waals surface area contributed by atoms with Crippen molar-refractivity contribution >= 4 is 12.0 Å². The fourth-order valence-electron chi connectivity index (χ4n) is 1.57. The topological polar surface area (TPSA) is 29.5 Å². The summed E-state index contributed by atoms with van der Waals surface area (Å²) in [5.41, 5.74) is 2.20. The largest absolute Gasteiger partial charge is 0.495 e. The van der Waals surface area contributed by atoms with Crippen molar-refractivity contribution in [2.75, 3.05) is 25.6 Å². The first kappa shape index (κ1) is 12.6. The van der Waals surface area contributed by atoms with Gasteiger partial charge in [0.1, 0.15) is 12.0 Å². The third kappa shape index (κ3) is 2.75. The zero-order chi connectivity index (χ0) is 12.1. The lowest BCUT2D eigenvalue weighted by atomic mass is 10.0. The first-order valence-corrected chi connectivity index (χ1v) is 5.42. The van der Waals surface area contributed by atoms with Crippen molar-refractivity contribution in [3.05, 3.63) is 23.8 Å². The molecule has 0 aliphatic carbocycles. The summed E-state index contributed by atoms with van der Waals surface area (Å²) < 4.78 is 5.29. The van der Waals surface area contributed by atoms with Crippen LogP contribution in [0.15, 0.2) is 18.2 Å². The second-order valence-electron chi connectivity index (χ2n) is 4.13. The zero-order valence-corrected chi connectivity index (χ0v) is 10.4. The third-order valence-corrected chi connectivity index (χ3v) is 2.63. The summed E-state index contributed by atoms with van der Waals surface area (Å²) in [6.45, 7) is 4.66. The van der Waals surface area contributed by atoms with Crippen molar-refractivity contribution in [3.8, 4) is 5.75 Å². The second kappa shape index (κ2) is 5.54. The van der Waals surface area contributed by atoms with E-state index in [1.54, 1.807) is 7.11 Å². The number of methoxy groups -OCH3 is 1. The lowest BCUT2D eigenvalue weighted by Crippen LogP contribution is -2.20. The monoisotopic (exact) mass is 221 g/mol. The average Bonchev–Trinajstić information content (AvgIpc) is 2.28. The van der Waals surface area contributed by atoms with Gasteiger partial charge in [0.2, 0.25) is 0 Å². The van der Waals surface area contributed by atoms with E-state index < -0.39 is 0 Å². The molecular formula is C13H19NO2. The third-order valence-electron chi connectivity index (χ3n) is 2.63. The molecule has 0 atom stereocenters. The van der Waals surface area contributed by atoms with E-state index in [9.17, 15) is 4.79 Å². The lowest BCUT2D eigenvalue weighted by molar-refractivity contribution is -0.106. The van der Waals surface area contributed by atoms with E-state index in [0.29, 0.717) is 12.5 Å². The van der Waals surface area contributed by atoms with Gasteiger partial charge in [-0.3, -0.25) is 0 Å². The van der Waals surface area contributed by atoms with Crippen molar-refractivity contribution in [1.82, 2.24) is 0 Å². The summed E-state index contributed by atoms with van der Waals surface area (Å²) in [4.78, 5) is 12.4. The van der Waals surface area contributed by atoms with Gasteiger partial charge in [-0.2, -0.15) is 0 Å². The number of anilines is 1. The van der Waals surface area contributed by atoms with Crippen LogP contribution in [-0.4, -0.2) is 27.0 Å². The van der Waals surface area contributed by atoms with E-state index in [1.807, 2.05) is 18.0 Å². The second-order valence-corrected chi connectivity index (χ2v) is 4.13. The molecule has 0 saturated heterocycles. The minimum atomic E-state index is 0.373. The number of nitrogens with zero attached hydrogens (tertiary/aromatic N) is 1. The molecule has 0 heterocycles. The Morgan fingerprint density at radius 1 is 1.44 bits per heavy atom. The van der Waals surface area contributed by atoms with Gasteiger partial charge in [0.05, 0.1) is 19.3 Å². The van der Waals surface area contributed by atoms with Gasteiger partial charge in [-0.25, -0.2) is 0 Å². The van der Waals surface area contributed by atoms with Crippen molar-refractivity contribution in [2.24, 2.45) is 0 Å². The number of carbonyl (C=O) groups excluding carboxylic acids is 1. The molecule has 0 N–H and O–H groups in total. The summed E-state index contributed by atoms with van der Waals surface area (Å²) in [5.74, 6) is 1.27. The Balaban J connectivity index is 3.10. The number of hydrogen-bond acceptors (Lipinski definition) is 3. The van der Waals surface area contributed by atoms with Crippen LogP contribution >= 0.6 is 0 Å². The molecule has 0 fully saturated rings. The molecule has 0 amide bonds. The lowest BCUT2D eigenvalue weighted by Gasteiger charge is -2.21. The van der Waals surface area contributed by atoms with Gasteiger partial charge < -0.3 is 14.4 Å². The molecule has 1 rings (SSSR count). The van der Waals surface area contributed by atoms with Gasteiger partial charge in [-0.1, -0.05) is 19.9 Å². The highest BCUT2D eigenvalue weighted by Crippen LogP contribution is 2.30. The van der Waals surface area contributed by atoms with Gasteiger partial charge in [-0.05, 0) is 23.6 Å². The van der Waals surface area contributed by atoms with Crippen LogP contribution in [0.25, 0.3) is 0 Å². The minimum Gasteiger partial charge on any atom is -0.495 e. The fraction of sp³-hybridized carbons (Fsp3) is 0.462. The van der Waals surface area contributed by atoms with Crippen molar-refractivity contribution in [1.29, 1.82) is 0 Å². The highest BCUT2D eigenvalue weighted by Gasteiger charge is 2.10. The molecule has 0 saturated carbocycles. The molecule has 3 heteroatoms. The first-order chi connectivity index (χ1) is 7.60. The Kier molecular flexibility index (Phi) is 4.35. The van der Waals surface area contributed by atoms with Crippen LogP contribution in [-0.2, 0) is 4.79 Å². The Bertz CT molecular complexity index is 361. The van der Waals surface area contributed by atoms with Crippen LogP contribution in [0.4, 0.5) is 5.69 Å². The first-order valence-electron chi connectivity index (χ1n) is 5.42. The fourth-order valence-corrected chi connectivity index (χ4v) is 1.57. The molecule has 0 aromatic heterocycles. The number of likely N-dealkylation sites (N-methyl/N-ethyl adjacent to an activating group) is 1. The maximum absolute atomic E-state index is 10.5. The van der Waals surface area contributed by atoms with Crippen LogP contribution in [0.5, 0.6) is 5.75 Å². The van der Waals surface area contributed by atoms with Crippen molar-refractivity contribution < 1.29 is 9.53 Å². The maximum Gasteiger partial charge on any atom is 0.142 e. The summed E-state index contributed by atoms with van der Waals surface area (Å²) in [6.07, 6.45) is 0.890. The Labute approximate surface area is 97.0 Å². The van der Waals surface area contributed by atoms with Crippen LogP contribution in [0.3, 0.4) is 0 Å². The predicted octanol–water partition coefficient (Wildman–Crippen LogP) is 2.45. The number of rotatable bonds is 5. The van der Waals surface area contributed by atoms with Gasteiger partial charge in [0.25, 0.3) is 0 Å². The summed E-state index contributed by atoms with van der Waals surface area (Å²) in [5, 5.41) is 0. The Morgan fingerprint density at radius 2 is 2.12 bits per heavy atom. The Morgan fingerprint density at radius 3 is 2.62 bits per heavy atom. The van der Waals surface area contributed by atoms with E-state index in [2.05, 4.69) is 26.0 Å². The van der Waals surface area contributed by atoms with E-state index in [1.165, 1.54) is 5.56 Å². The van der Waals surface area contributed by atoms with E-state index in [4.69, 9.17) is 4.74 Å². The molecule has 0 aliphatic heterocycles. The number of aldehydes is 1. The van der Waals surface area contributed by atoms with Gasteiger partial charge in [0, 0.05) is 7.05 Å². The molecule has 16 heavy (non-hydrogen) atoms. The SMILES string of the molecule is COc1ccc(C(C)C)cc1N(C)CC=O. The molecule has 1 aromatic rings. The smallest absolute Gasteiger partial charge is 0.142 e. The summed E-state index contributed by atoms with van der Waals surface area (Å²) in [7, 11) is 3.53. The zero-order valence-electron chi connectivity index (χ0n) is 10.4. The number of ether oxygens (including phenoxy) is 1. The van der Waals surface area contributed by atoms with Gasteiger partial charge >= 0.3 is 0 Å². The van der Waals surface area contributed by atoms with Crippen molar-refractivity contribution in [2.45, 2.75) is 19.8 Å². The highest BCUT2D eigenvalue weighted by molar-refractivity contribution is 5.66. The number of hydrogen-bond donors (Lipinski definition) is 0. The molecule has 3 nitrogen and oxygen atoms in total. The van der Waals surface area contributed by atoms with Crippen LogP contribution < -0.4 is 9.64 Å². The molecule has 1 aromatic carbocycles. The number of benzene rings is 1.